The van der Waals surface area contributed by atoms with Crippen LogP contribution >= 0.6 is 23.6 Å². The lowest BCUT2D eigenvalue weighted by atomic mass is 10.1. The Bertz CT molecular complexity index is 1090. The topological polar surface area (TPSA) is 67.9 Å². The van der Waals surface area contributed by atoms with Gasteiger partial charge in [-0.1, -0.05) is 60.7 Å². The van der Waals surface area contributed by atoms with Gasteiger partial charge in [0.15, 0.2) is 5.11 Å². The maximum Gasteiger partial charge on any atom is 0.348 e. The van der Waals surface area contributed by atoms with Crippen LogP contribution < -0.4 is 5.32 Å². The van der Waals surface area contributed by atoms with Gasteiger partial charge in [0.05, 0.1) is 18.8 Å². The van der Waals surface area contributed by atoms with Gasteiger partial charge in [-0.25, -0.2) is 9.59 Å². The fraction of sp³-hybridized carbons (Fsp3) is 0.269. The average Bonchev–Trinajstić information content (AvgIpc) is 3.16. The maximum absolute atomic E-state index is 12.7. The van der Waals surface area contributed by atoms with Crippen LogP contribution in [0, 0.1) is 6.92 Å². The van der Waals surface area contributed by atoms with Crippen LogP contribution in [0.4, 0.5) is 5.00 Å². The third kappa shape index (κ3) is 6.42. The molecule has 0 aliphatic carbocycles. The van der Waals surface area contributed by atoms with Crippen molar-refractivity contribution in [3.05, 3.63) is 87.8 Å². The second-order valence-electron chi connectivity index (χ2n) is 7.46. The molecule has 1 N–H and O–H groups in total. The molecule has 0 bridgehead atoms. The highest BCUT2D eigenvalue weighted by Gasteiger charge is 2.27. The molecule has 0 fully saturated rings. The molecule has 0 radical (unpaired) electrons. The van der Waals surface area contributed by atoms with Gasteiger partial charge in [0.2, 0.25) is 0 Å². The monoisotopic (exact) mass is 496 g/mol. The minimum Gasteiger partial charge on any atom is -0.462 e. The third-order valence-corrected chi connectivity index (χ3v) is 6.57. The lowest BCUT2D eigenvalue weighted by Gasteiger charge is -2.26. The summed E-state index contributed by atoms with van der Waals surface area (Å²) >= 11 is 6.94. The van der Waals surface area contributed by atoms with E-state index in [1.165, 1.54) is 0 Å². The molecule has 1 aromatic heterocycles. The van der Waals surface area contributed by atoms with Crippen LogP contribution in [-0.4, -0.2) is 35.2 Å². The molecule has 0 spiro atoms. The van der Waals surface area contributed by atoms with E-state index in [1.54, 1.807) is 20.8 Å². The highest BCUT2D eigenvalue weighted by molar-refractivity contribution is 7.80. The van der Waals surface area contributed by atoms with Gasteiger partial charge in [-0.2, -0.15) is 0 Å². The molecule has 178 valence electrons. The third-order valence-electron chi connectivity index (χ3n) is 5.03. The van der Waals surface area contributed by atoms with Gasteiger partial charge in [0.25, 0.3) is 0 Å². The molecule has 3 aromatic rings. The number of hydrogen-bond donors (Lipinski definition) is 1. The van der Waals surface area contributed by atoms with Gasteiger partial charge in [-0.05, 0) is 49.7 Å². The number of hydrogen-bond acceptors (Lipinski definition) is 6. The summed E-state index contributed by atoms with van der Waals surface area (Å²) in [5.41, 5.74) is 3.02. The first kappa shape index (κ1) is 25.4. The summed E-state index contributed by atoms with van der Waals surface area (Å²) < 4.78 is 10.4. The molecular formula is C26H28N2O4S2. The standard InChI is InChI=1S/C26H28N2O4S2/c1-4-31-24(29)21-18(3)22(25(30)32-5-2)34-23(21)27-26(33)28(16-19-12-8-6-9-13-19)17-20-14-10-7-11-15-20/h6-15H,4-5,16-17H2,1-3H3,(H,27,33). The largest absolute Gasteiger partial charge is 0.462 e. The molecular weight excluding hydrogens is 468 g/mol. The lowest BCUT2D eigenvalue weighted by Crippen LogP contribution is -2.34. The summed E-state index contributed by atoms with van der Waals surface area (Å²) in [5, 5.41) is 4.12. The minimum atomic E-state index is -0.505. The SMILES string of the molecule is CCOC(=O)c1sc(NC(=S)N(Cc2ccccc2)Cc2ccccc2)c(C(=O)OCC)c1C. The van der Waals surface area contributed by atoms with E-state index in [1.807, 2.05) is 65.6 Å². The Morgan fingerprint density at radius 2 is 1.38 bits per heavy atom. The smallest absolute Gasteiger partial charge is 0.348 e. The lowest BCUT2D eigenvalue weighted by molar-refractivity contribution is 0.0527. The Balaban J connectivity index is 1.93. The minimum absolute atomic E-state index is 0.223. The molecule has 0 amide bonds. The predicted octanol–water partition coefficient (Wildman–Crippen LogP) is 5.81. The Hall–Kier alpha value is -3.23. The van der Waals surface area contributed by atoms with Gasteiger partial charge in [-0.15, -0.1) is 11.3 Å². The zero-order valence-electron chi connectivity index (χ0n) is 19.5. The zero-order chi connectivity index (χ0) is 24.5. The van der Waals surface area contributed by atoms with Crippen molar-refractivity contribution < 1.29 is 19.1 Å². The number of thiocarbonyl (C=S) groups is 1. The predicted molar refractivity (Wildman–Crippen MR) is 139 cm³/mol. The molecule has 3 rings (SSSR count). The van der Waals surface area contributed by atoms with E-state index in [0.717, 1.165) is 22.5 Å². The number of rotatable bonds is 9. The normalized spacial score (nSPS) is 10.4. The fourth-order valence-electron chi connectivity index (χ4n) is 3.43. The molecule has 34 heavy (non-hydrogen) atoms. The van der Waals surface area contributed by atoms with Crippen molar-refractivity contribution in [1.82, 2.24) is 4.90 Å². The van der Waals surface area contributed by atoms with Crippen molar-refractivity contribution in [3.63, 3.8) is 0 Å². The van der Waals surface area contributed by atoms with Crippen LogP contribution in [0.25, 0.3) is 0 Å². The Morgan fingerprint density at radius 3 is 1.88 bits per heavy atom. The number of carbonyl (C=O) groups is 2. The van der Waals surface area contributed by atoms with Crippen LogP contribution in [0.2, 0.25) is 0 Å². The molecule has 8 heteroatoms. The number of nitrogens with one attached hydrogen (secondary N) is 1. The number of anilines is 1. The quantitative estimate of drug-likeness (QED) is 0.296. The van der Waals surface area contributed by atoms with Crippen LogP contribution in [0.5, 0.6) is 0 Å². The number of nitrogens with zero attached hydrogens (tertiary/aromatic N) is 1. The van der Waals surface area contributed by atoms with E-state index in [0.29, 0.717) is 39.2 Å². The van der Waals surface area contributed by atoms with Crippen molar-refractivity contribution >= 4 is 45.6 Å². The van der Waals surface area contributed by atoms with E-state index in [9.17, 15) is 9.59 Å². The van der Waals surface area contributed by atoms with Crippen molar-refractivity contribution in [2.75, 3.05) is 18.5 Å². The second kappa shape index (κ2) is 12.3. The Labute approximate surface area is 209 Å². The van der Waals surface area contributed by atoms with Crippen LogP contribution in [0.15, 0.2) is 60.7 Å². The summed E-state index contributed by atoms with van der Waals surface area (Å²) in [5.74, 6) is -0.977. The van der Waals surface area contributed by atoms with E-state index >= 15 is 0 Å². The highest BCUT2D eigenvalue weighted by Crippen LogP contribution is 2.34. The summed E-state index contributed by atoms with van der Waals surface area (Å²) in [6.45, 7) is 6.82. The van der Waals surface area contributed by atoms with Gasteiger partial charge in [0.1, 0.15) is 9.88 Å². The molecule has 0 unspecified atom stereocenters. The number of benzene rings is 2. The Kier molecular flexibility index (Phi) is 9.18. The van der Waals surface area contributed by atoms with E-state index in [-0.39, 0.29) is 13.2 Å². The van der Waals surface area contributed by atoms with Gasteiger partial charge < -0.3 is 19.7 Å². The Morgan fingerprint density at radius 1 is 0.882 bits per heavy atom. The van der Waals surface area contributed by atoms with Crippen LogP contribution in [-0.2, 0) is 22.6 Å². The van der Waals surface area contributed by atoms with E-state index in [4.69, 9.17) is 21.7 Å². The maximum atomic E-state index is 12.7. The van der Waals surface area contributed by atoms with Gasteiger partial charge in [0, 0.05) is 13.1 Å². The summed E-state index contributed by atoms with van der Waals surface area (Å²) in [6, 6.07) is 20.0. The first-order valence-corrected chi connectivity index (χ1v) is 12.3. The van der Waals surface area contributed by atoms with Crippen LogP contribution in [0.3, 0.4) is 0 Å². The average molecular weight is 497 g/mol. The molecule has 0 atom stereocenters. The van der Waals surface area contributed by atoms with Gasteiger partial charge >= 0.3 is 11.9 Å². The van der Waals surface area contributed by atoms with E-state index < -0.39 is 11.9 Å². The molecule has 2 aromatic carbocycles. The summed E-state index contributed by atoms with van der Waals surface area (Å²) in [6.07, 6.45) is 0. The number of thiophene rings is 1. The molecule has 0 aliphatic heterocycles. The summed E-state index contributed by atoms with van der Waals surface area (Å²) in [4.78, 5) is 27.6. The molecule has 1 heterocycles. The highest BCUT2D eigenvalue weighted by atomic mass is 32.1. The zero-order valence-corrected chi connectivity index (χ0v) is 21.1. The first-order chi connectivity index (χ1) is 16.4. The van der Waals surface area contributed by atoms with Crippen molar-refractivity contribution in [2.24, 2.45) is 0 Å². The van der Waals surface area contributed by atoms with Crippen molar-refractivity contribution in [2.45, 2.75) is 33.9 Å². The second-order valence-corrected chi connectivity index (χ2v) is 8.87. The van der Waals surface area contributed by atoms with Gasteiger partial charge in [-0.3, -0.25) is 0 Å². The molecule has 0 saturated carbocycles. The molecule has 6 nitrogen and oxygen atoms in total. The fourth-order valence-corrected chi connectivity index (χ4v) is 4.81. The first-order valence-electron chi connectivity index (χ1n) is 11.1. The number of carbonyl (C=O) groups excluding carboxylic acids is 2. The number of esters is 2. The molecule has 0 aliphatic rings. The van der Waals surface area contributed by atoms with Crippen molar-refractivity contribution in [3.8, 4) is 0 Å². The van der Waals surface area contributed by atoms with E-state index in [2.05, 4.69) is 5.32 Å². The summed E-state index contributed by atoms with van der Waals surface area (Å²) in [7, 11) is 0. The molecule has 0 saturated heterocycles. The van der Waals surface area contributed by atoms with Crippen LogP contribution in [0.1, 0.15) is 50.6 Å². The number of ether oxygens (including phenoxy) is 2. The van der Waals surface area contributed by atoms with Crippen molar-refractivity contribution in [1.29, 1.82) is 0 Å².